The predicted octanol–water partition coefficient (Wildman–Crippen LogP) is 3.57. The first-order chi connectivity index (χ1) is 10.5. The fourth-order valence-electron chi connectivity index (χ4n) is 2.31. The molecule has 0 aliphatic rings. The first-order valence-electron chi connectivity index (χ1n) is 8.14. The van der Waals surface area contributed by atoms with E-state index in [0.717, 1.165) is 36.8 Å². The number of anilines is 1. The number of amides is 2. The highest BCUT2D eigenvalue weighted by Crippen LogP contribution is 2.16. The summed E-state index contributed by atoms with van der Waals surface area (Å²) in [6, 6.07) is 5.78. The zero-order valence-electron chi connectivity index (χ0n) is 14.2. The molecule has 0 aliphatic carbocycles. The molecule has 0 saturated carbocycles. The molecule has 4 nitrogen and oxygen atoms in total. The zero-order valence-corrected chi connectivity index (χ0v) is 14.2. The summed E-state index contributed by atoms with van der Waals surface area (Å²) >= 11 is 0. The van der Waals surface area contributed by atoms with Crippen LogP contribution < -0.4 is 10.6 Å². The van der Waals surface area contributed by atoms with Crippen LogP contribution in [0.2, 0.25) is 0 Å². The average molecular weight is 304 g/mol. The van der Waals surface area contributed by atoms with E-state index in [-0.39, 0.29) is 0 Å². The maximum absolute atomic E-state index is 12.0. The van der Waals surface area contributed by atoms with Crippen LogP contribution in [-0.2, 0) is 9.59 Å². The Morgan fingerprint density at radius 3 is 2.50 bits per heavy atom. The smallest absolute Gasteiger partial charge is 0.313 e. The highest BCUT2D eigenvalue weighted by molar-refractivity contribution is 6.39. The fourth-order valence-corrected chi connectivity index (χ4v) is 2.31. The summed E-state index contributed by atoms with van der Waals surface area (Å²) in [5.74, 6) is -0.715. The summed E-state index contributed by atoms with van der Waals surface area (Å²) in [5.41, 5.74) is 2.69. The molecule has 0 unspecified atom stereocenters. The van der Waals surface area contributed by atoms with Gasteiger partial charge in [-0.25, -0.2) is 0 Å². The third-order valence-electron chi connectivity index (χ3n) is 3.94. The van der Waals surface area contributed by atoms with Gasteiger partial charge in [0.25, 0.3) is 0 Å². The van der Waals surface area contributed by atoms with E-state index in [0.29, 0.717) is 18.2 Å². The molecule has 0 aromatic heterocycles. The van der Waals surface area contributed by atoms with Crippen molar-refractivity contribution in [3.05, 3.63) is 29.3 Å². The van der Waals surface area contributed by atoms with Crippen LogP contribution in [0.15, 0.2) is 18.2 Å². The molecule has 1 aromatic rings. The van der Waals surface area contributed by atoms with Crippen molar-refractivity contribution in [1.29, 1.82) is 0 Å². The van der Waals surface area contributed by atoms with Gasteiger partial charge >= 0.3 is 11.8 Å². The Bertz CT molecular complexity index is 512. The molecule has 0 saturated heterocycles. The molecule has 1 atom stereocenters. The molecule has 1 aromatic carbocycles. The van der Waals surface area contributed by atoms with Crippen molar-refractivity contribution in [2.45, 2.75) is 53.4 Å². The zero-order chi connectivity index (χ0) is 16.5. The van der Waals surface area contributed by atoms with Crippen molar-refractivity contribution < 1.29 is 9.59 Å². The van der Waals surface area contributed by atoms with Crippen LogP contribution in [0.1, 0.15) is 50.7 Å². The number of benzene rings is 1. The van der Waals surface area contributed by atoms with E-state index < -0.39 is 11.8 Å². The predicted molar refractivity (Wildman–Crippen MR) is 90.9 cm³/mol. The highest BCUT2D eigenvalue weighted by atomic mass is 16.2. The number of rotatable bonds is 7. The van der Waals surface area contributed by atoms with Crippen LogP contribution in [0.5, 0.6) is 0 Å². The maximum Gasteiger partial charge on any atom is 0.313 e. The minimum absolute atomic E-state index is 0.442. The number of carbonyl (C=O) groups is 2. The minimum Gasteiger partial charge on any atom is -0.348 e. The van der Waals surface area contributed by atoms with E-state index >= 15 is 0 Å². The van der Waals surface area contributed by atoms with Crippen molar-refractivity contribution in [2.24, 2.45) is 5.92 Å². The molecule has 2 amide bonds. The molecule has 4 heteroatoms. The van der Waals surface area contributed by atoms with Crippen LogP contribution in [0.3, 0.4) is 0 Å². The number of nitrogens with one attached hydrogen (secondary N) is 2. The molecule has 122 valence electrons. The van der Waals surface area contributed by atoms with Crippen LogP contribution in [0, 0.1) is 19.8 Å². The van der Waals surface area contributed by atoms with Gasteiger partial charge in [0, 0.05) is 12.2 Å². The van der Waals surface area contributed by atoms with Crippen molar-refractivity contribution in [3.63, 3.8) is 0 Å². The molecule has 0 heterocycles. The van der Waals surface area contributed by atoms with Gasteiger partial charge in [0.1, 0.15) is 0 Å². The monoisotopic (exact) mass is 304 g/mol. The molecule has 1 rings (SSSR count). The van der Waals surface area contributed by atoms with Crippen molar-refractivity contribution >= 4 is 17.5 Å². The summed E-state index contributed by atoms with van der Waals surface area (Å²) in [6.07, 6.45) is 4.41. The normalized spacial score (nSPS) is 11.8. The number of unbranched alkanes of at least 4 members (excludes halogenated alkanes) is 1. The largest absolute Gasteiger partial charge is 0.348 e. The molecule has 0 fully saturated rings. The standard InChI is InChI=1S/C18H28N2O2/c1-5-7-8-15(6-2)12-19-17(21)18(22)20-16-11-13(3)9-10-14(16)4/h9-11,15H,5-8,12H2,1-4H3,(H,19,21)(H,20,22)/t15-/m0/s1. The third kappa shape index (κ3) is 5.88. The van der Waals surface area contributed by atoms with Crippen LogP contribution >= 0.6 is 0 Å². The number of carbonyl (C=O) groups excluding carboxylic acids is 2. The summed E-state index contributed by atoms with van der Waals surface area (Å²) < 4.78 is 0. The summed E-state index contributed by atoms with van der Waals surface area (Å²) in [4.78, 5) is 23.9. The van der Waals surface area contributed by atoms with Gasteiger partial charge in [0.2, 0.25) is 0 Å². The average Bonchev–Trinajstić information content (AvgIpc) is 2.50. The van der Waals surface area contributed by atoms with Gasteiger partial charge in [-0.1, -0.05) is 45.2 Å². The Morgan fingerprint density at radius 1 is 1.14 bits per heavy atom. The van der Waals surface area contributed by atoms with Gasteiger partial charge in [-0.2, -0.15) is 0 Å². The lowest BCUT2D eigenvalue weighted by molar-refractivity contribution is -0.136. The minimum atomic E-state index is -0.598. The van der Waals surface area contributed by atoms with Crippen molar-refractivity contribution in [2.75, 3.05) is 11.9 Å². The summed E-state index contributed by atoms with van der Waals surface area (Å²) in [5, 5.41) is 5.43. The Kier molecular flexibility index (Phi) is 7.64. The lowest BCUT2D eigenvalue weighted by Crippen LogP contribution is -2.38. The van der Waals surface area contributed by atoms with Crippen molar-refractivity contribution in [1.82, 2.24) is 5.32 Å². The Morgan fingerprint density at radius 2 is 1.86 bits per heavy atom. The molecule has 22 heavy (non-hydrogen) atoms. The second kappa shape index (κ2) is 9.23. The van der Waals surface area contributed by atoms with Gasteiger partial charge in [0.15, 0.2) is 0 Å². The second-order valence-electron chi connectivity index (χ2n) is 5.90. The second-order valence-corrected chi connectivity index (χ2v) is 5.90. The molecule has 2 N–H and O–H groups in total. The quantitative estimate of drug-likeness (QED) is 0.757. The fraction of sp³-hybridized carbons (Fsp3) is 0.556. The van der Waals surface area contributed by atoms with Gasteiger partial charge in [-0.3, -0.25) is 9.59 Å². The van der Waals surface area contributed by atoms with E-state index in [1.165, 1.54) is 0 Å². The maximum atomic E-state index is 12.0. The number of hydrogen-bond acceptors (Lipinski definition) is 2. The first-order valence-corrected chi connectivity index (χ1v) is 8.14. The van der Waals surface area contributed by atoms with Gasteiger partial charge in [-0.15, -0.1) is 0 Å². The van der Waals surface area contributed by atoms with Gasteiger partial charge in [-0.05, 0) is 43.4 Å². The topological polar surface area (TPSA) is 58.2 Å². The molecule has 0 aliphatic heterocycles. The molecule has 0 spiro atoms. The molecule has 0 radical (unpaired) electrons. The highest BCUT2D eigenvalue weighted by Gasteiger charge is 2.16. The summed E-state index contributed by atoms with van der Waals surface area (Å²) in [7, 11) is 0. The van der Waals surface area contributed by atoms with Gasteiger partial charge < -0.3 is 10.6 Å². The Balaban J connectivity index is 2.51. The van der Waals surface area contributed by atoms with E-state index in [1.54, 1.807) is 0 Å². The lowest BCUT2D eigenvalue weighted by Gasteiger charge is -2.15. The van der Waals surface area contributed by atoms with Gasteiger partial charge in [0.05, 0.1) is 0 Å². The molecular weight excluding hydrogens is 276 g/mol. The Labute approximate surface area is 133 Å². The van der Waals surface area contributed by atoms with Crippen molar-refractivity contribution in [3.8, 4) is 0 Å². The van der Waals surface area contributed by atoms with E-state index in [9.17, 15) is 9.59 Å². The SMILES string of the molecule is CCCC[C@H](CC)CNC(=O)C(=O)Nc1cc(C)ccc1C. The number of hydrogen-bond donors (Lipinski definition) is 2. The molecule has 0 bridgehead atoms. The van der Waals surface area contributed by atoms with E-state index in [2.05, 4.69) is 24.5 Å². The van der Waals surface area contributed by atoms with Crippen LogP contribution in [0.4, 0.5) is 5.69 Å². The molecular formula is C18H28N2O2. The Hall–Kier alpha value is -1.84. The number of aryl methyl sites for hydroxylation is 2. The van der Waals surface area contributed by atoms with E-state index in [4.69, 9.17) is 0 Å². The first kappa shape index (κ1) is 18.2. The lowest BCUT2D eigenvalue weighted by atomic mass is 9.99. The van der Waals surface area contributed by atoms with Crippen LogP contribution in [0.25, 0.3) is 0 Å². The third-order valence-corrected chi connectivity index (χ3v) is 3.94. The summed E-state index contributed by atoms with van der Waals surface area (Å²) in [6.45, 7) is 8.70. The van der Waals surface area contributed by atoms with E-state index in [1.807, 2.05) is 32.0 Å². The van der Waals surface area contributed by atoms with Crippen LogP contribution in [-0.4, -0.2) is 18.4 Å².